The monoisotopic (exact) mass is 277 g/mol. The lowest BCUT2D eigenvalue weighted by molar-refractivity contribution is 0.0517. The summed E-state index contributed by atoms with van der Waals surface area (Å²) in [4.78, 5) is 26.7. The Morgan fingerprint density at radius 3 is 2.71 bits per heavy atom. The Bertz CT molecular complexity index is 375. The summed E-state index contributed by atoms with van der Waals surface area (Å²) >= 11 is 4.25. The molecule has 14 heavy (non-hydrogen) atoms. The van der Waals surface area contributed by atoms with Crippen molar-refractivity contribution < 1.29 is 14.3 Å². The summed E-state index contributed by atoms with van der Waals surface area (Å²) < 4.78 is 5.27. The van der Waals surface area contributed by atoms with Gasteiger partial charge in [0.15, 0.2) is 15.4 Å². The molecule has 1 aromatic heterocycles. The Morgan fingerprint density at radius 1 is 1.57 bits per heavy atom. The van der Waals surface area contributed by atoms with E-state index in [1.54, 1.807) is 6.92 Å². The van der Waals surface area contributed by atoms with Crippen molar-refractivity contribution in [2.24, 2.45) is 0 Å². The molecule has 0 bridgehead atoms. The summed E-state index contributed by atoms with van der Waals surface area (Å²) in [6.45, 7) is 3.36. The van der Waals surface area contributed by atoms with Gasteiger partial charge in [0.25, 0.3) is 0 Å². The van der Waals surface area contributed by atoms with Gasteiger partial charge in [0.05, 0.1) is 6.61 Å². The number of thiazole rings is 1. The second-order valence-electron chi connectivity index (χ2n) is 2.42. The van der Waals surface area contributed by atoms with Crippen LogP contribution >= 0.6 is 27.3 Å². The lowest BCUT2D eigenvalue weighted by Crippen LogP contribution is -2.09. The minimum absolute atomic E-state index is 0.0937. The first-order valence-corrected chi connectivity index (χ1v) is 5.51. The van der Waals surface area contributed by atoms with Gasteiger partial charge in [-0.3, -0.25) is 4.79 Å². The van der Waals surface area contributed by atoms with E-state index in [-0.39, 0.29) is 18.1 Å². The first-order chi connectivity index (χ1) is 6.56. The van der Waals surface area contributed by atoms with Crippen molar-refractivity contribution in [3.8, 4) is 0 Å². The number of carbonyl (C=O) groups is 2. The summed E-state index contributed by atoms with van der Waals surface area (Å²) in [6, 6.07) is 0. The molecule has 76 valence electrons. The van der Waals surface area contributed by atoms with Crippen LogP contribution in [0.25, 0.3) is 0 Å². The van der Waals surface area contributed by atoms with E-state index in [4.69, 9.17) is 4.74 Å². The molecular formula is C8H8BrNO3S. The van der Waals surface area contributed by atoms with Crippen LogP contribution in [0.1, 0.15) is 34.0 Å². The molecule has 0 aromatic carbocycles. The predicted molar refractivity (Wildman–Crippen MR) is 55.8 cm³/mol. The number of Topliss-reactive ketones (excluding diaryl/α,β-unsaturated/α-hetero) is 1. The van der Waals surface area contributed by atoms with E-state index in [1.165, 1.54) is 6.92 Å². The molecule has 6 heteroatoms. The number of hydrogen-bond acceptors (Lipinski definition) is 5. The molecule has 0 aliphatic carbocycles. The van der Waals surface area contributed by atoms with Crippen molar-refractivity contribution in [3.63, 3.8) is 0 Å². The Hall–Kier alpha value is -0.750. The fourth-order valence-corrected chi connectivity index (χ4v) is 2.21. The molecule has 4 nitrogen and oxygen atoms in total. The topological polar surface area (TPSA) is 56.3 Å². The van der Waals surface area contributed by atoms with E-state index in [1.807, 2.05) is 0 Å². The largest absolute Gasteiger partial charge is 0.461 e. The molecule has 0 radical (unpaired) electrons. The number of ether oxygens (including phenoxy) is 1. The molecule has 0 amide bonds. The third-order valence-electron chi connectivity index (χ3n) is 1.39. The highest BCUT2D eigenvalue weighted by molar-refractivity contribution is 9.11. The van der Waals surface area contributed by atoms with E-state index < -0.39 is 5.97 Å². The molecule has 0 atom stereocenters. The van der Waals surface area contributed by atoms with Gasteiger partial charge in [-0.25, -0.2) is 9.78 Å². The lowest BCUT2D eigenvalue weighted by Gasteiger charge is -1.98. The van der Waals surface area contributed by atoms with E-state index in [0.717, 1.165) is 11.3 Å². The highest BCUT2D eigenvalue weighted by Crippen LogP contribution is 2.24. The third kappa shape index (κ3) is 2.39. The zero-order valence-corrected chi connectivity index (χ0v) is 10.1. The van der Waals surface area contributed by atoms with Gasteiger partial charge in [-0.1, -0.05) is 0 Å². The first-order valence-electron chi connectivity index (χ1n) is 3.90. The average Bonchev–Trinajstić information content (AvgIpc) is 2.48. The van der Waals surface area contributed by atoms with Crippen LogP contribution in [0.2, 0.25) is 0 Å². The normalized spacial score (nSPS) is 9.93. The summed E-state index contributed by atoms with van der Waals surface area (Å²) in [5, 5.41) is 0. The number of rotatable bonds is 3. The Labute approximate surface area is 93.4 Å². The van der Waals surface area contributed by atoms with Gasteiger partial charge in [-0.15, -0.1) is 11.3 Å². The Kier molecular flexibility index (Phi) is 3.77. The van der Waals surface area contributed by atoms with Crippen LogP contribution in [0.15, 0.2) is 3.92 Å². The zero-order valence-electron chi connectivity index (χ0n) is 7.67. The summed E-state index contributed by atoms with van der Waals surface area (Å²) in [5.74, 6) is -0.740. The SMILES string of the molecule is CCOC(=O)c1nc(Br)sc1C(C)=O. The number of halogens is 1. The van der Waals surface area contributed by atoms with Crippen molar-refractivity contribution in [1.29, 1.82) is 0 Å². The number of carbonyl (C=O) groups excluding carboxylic acids is 2. The fourth-order valence-electron chi connectivity index (χ4n) is 0.870. The average molecular weight is 278 g/mol. The van der Waals surface area contributed by atoms with Gasteiger partial charge in [0.2, 0.25) is 0 Å². The maximum absolute atomic E-state index is 11.3. The molecule has 0 fully saturated rings. The summed E-state index contributed by atoms with van der Waals surface area (Å²) in [7, 11) is 0. The minimum atomic E-state index is -0.556. The van der Waals surface area contributed by atoms with Crippen LogP contribution in [0.5, 0.6) is 0 Å². The summed E-state index contributed by atoms with van der Waals surface area (Å²) in [6.07, 6.45) is 0. The van der Waals surface area contributed by atoms with Gasteiger partial charge in [0, 0.05) is 6.92 Å². The third-order valence-corrected chi connectivity index (χ3v) is 3.00. The second kappa shape index (κ2) is 4.65. The maximum Gasteiger partial charge on any atom is 0.358 e. The Balaban J connectivity index is 3.06. The quantitative estimate of drug-likeness (QED) is 0.628. The highest BCUT2D eigenvalue weighted by Gasteiger charge is 2.21. The predicted octanol–water partition coefficient (Wildman–Crippen LogP) is 2.28. The number of hydrogen-bond donors (Lipinski definition) is 0. The molecule has 0 spiro atoms. The minimum Gasteiger partial charge on any atom is -0.461 e. The molecular weight excluding hydrogens is 270 g/mol. The van der Waals surface area contributed by atoms with Crippen LogP contribution in [-0.2, 0) is 4.74 Å². The Morgan fingerprint density at radius 2 is 2.21 bits per heavy atom. The first kappa shape index (κ1) is 11.3. The van der Waals surface area contributed by atoms with Gasteiger partial charge >= 0.3 is 5.97 Å². The molecule has 0 unspecified atom stereocenters. The highest BCUT2D eigenvalue weighted by atomic mass is 79.9. The van der Waals surface area contributed by atoms with Crippen molar-refractivity contribution >= 4 is 39.0 Å². The molecule has 0 N–H and O–H groups in total. The standard InChI is InChI=1S/C8H8BrNO3S/c1-3-13-7(12)5-6(4(2)11)14-8(9)10-5/h3H2,1-2H3. The van der Waals surface area contributed by atoms with Crippen LogP contribution in [-0.4, -0.2) is 23.3 Å². The van der Waals surface area contributed by atoms with E-state index in [9.17, 15) is 9.59 Å². The number of esters is 1. The van der Waals surface area contributed by atoms with Crippen molar-refractivity contribution in [3.05, 3.63) is 14.5 Å². The van der Waals surface area contributed by atoms with Crippen LogP contribution < -0.4 is 0 Å². The van der Waals surface area contributed by atoms with Crippen LogP contribution in [0, 0.1) is 0 Å². The second-order valence-corrected chi connectivity index (χ2v) is 4.70. The lowest BCUT2D eigenvalue weighted by atomic mass is 10.3. The molecule has 1 aromatic rings. The molecule has 1 rings (SSSR count). The number of nitrogens with zero attached hydrogens (tertiary/aromatic N) is 1. The van der Waals surface area contributed by atoms with Crippen molar-refractivity contribution in [2.45, 2.75) is 13.8 Å². The fraction of sp³-hybridized carbons (Fsp3) is 0.375. The van der Waals surface area contributed by atoms with Gasteiger partial charge < -0.3 is 4.74 Å². The van der Waals surface area contributed by atoms with Gasteiger partial charge in [-0.2, -0.15) is 0 Å². The molecule has 0 aliphatic heterocycles. The van der Waals surface area contributed by atoms with E-state index in [2.05, 4.69) is 20.9 Å². The van der Waals surface area contributed by atoms with Crippen LogP contribution in [0.3, 0.4) is 0 Å². The molecule has 1 heterocycles. The van der Waals surface area contributed by atoms with Crippen molar-refractivity contribution in [2.75, 3.05) is 6.61 Å². The number of aromatic nitrogens is 1. The molecule has 0 saturated heterocycles. The maximum atomic E-state index is 11.3. The van der Waals surface area contributed by atoms with Crippen molar-refractivity contribution in [1.82, 2.24) is 4.98 Å². The van der Waals surface area contributed by atoms with E-state index >= 15 is 0 Å². The number of ketones is 1. The summed E-state index contributed by atoms with van der Waals surface area (Å²) in [5.41, 5.74) is 0.0937. The molecule has 0 saturated carbocycles. The van der Waals surface area contributed by atoms with Gasteiger partial charge in [0.1, 0.15) is 4.88 Å². The van der Waals surface area contributed by atoms with Crippen LogP contribution in [0.4, 0.5) is 0 Å². The zero-order chi connectivity index (χ0) is 10.7. The smallest absolute Gasteiger partial charge is 0.358 e. The van der Waals surface area contributed by atoms with Gasteiger partial charge in [-0.05, 0) is 22.9 Å². The molecule has 0 aliphatic rings. The van der Waals surface area contributed by atoms with E-state index in [0.29, 0.717) is 8.79 Å².